The molecule has 0 aromatic heterocycles. The van der Waals surface area contributed by atoms with Gasteiger partial charge in [-0.15, -0.1) is 0 Å². The maximum Gasteiger partial charge on any atom is 0.343 e. The minimum atomic E-state index is -0.380. The van der Waals surface area contributed by atoms with Crippen LogP contribution in [-0.4, -0.2) is 25.0 Å². The van der Waals surface area contributed by atoms with Gasteiger partial charge in [0.2, 0.25) is 5.91 Å². The van der Waals surface area contributed by atoms with Crippen molar-refractivity contribution in [3.63, 3.8) is 0 Å². The Morgan fingerprint density at radius 1 is 1.12 bits per heavy atom. The summed E-state index contributed by atoms with van der Waals surface area (Å²) in [7, 11) is 0. The Hall–Kier alpha value is -2.82. The highest BCUT2D eigenvalue weighted by atomic mass is 16.5. The maximum absolute atomic E-state index is 12.4. The number of amides is 1. The number of carbonyl (C=O) groups excluding carboxylic acids is 2. The van der Waals surface area contributed by atoms with Crippen molar-refractivity contribution in [2.45, 2.75) is 33.1 Å². The highest BCUT2D eigenvalue weighted by Crippen LogP contribution is 2.27. The predicted molar refractivity (Wildman–Crippen MR) is 103 cm³/mol. The summed E-state index contributed by atoms with van der Waals surface area (Å²) in [6.45, 7) is 6.20. The molecule has 1 aliphatic heterocycles. The number of nitrogens with one attached hydrogen (secondary N) is 1. The van der Waals surface area contributed by atoms with Gasteiger partial charge in [-0.05, 0) is 67.8 Å². The zero-order chi connectivity index (χ0) is 18.5. The normalized spacial score (nSPS) is 12.9. The molecule has 5 heteroatoms. The fourth-order valence-corrected chi connectivity index (χ4v) is 3.14. The van der Waals surface area contributed by atoms with Gasteiger partial charge in [-0.3, -0.25) is 4.79 Å². The van der Waals surface area contributed by atoms with Crippen LogP contribution >= 0.6 is 0 Å². The first kappa shape index (κ1) is 18.0. The van der Waals surface area contributed by atoms with Crippen LogP contribution in [0.1, 0.15) is 42.6 Å². The van der Waals surface area contributed by atoms with Crippen molar-refractivity contribution in [2.24, 2.45) is 0 Å². The first-order valence-electron chi connectivity index (χ1n) is 9.10. The summed E-state index contributed by atoms with van der Waals surface area (Å²) in [6.07, 6.45) is 2.19. The van der Waals surface area contributed by atoms with Gasteiger partial charge in [-0.2, -0.15) is 0 Å². The third-order valence-corrected chi connectivity index (χ3v) is 4.53. The summed E-state index contributed by atoms with van der Waals surface area (Å²) in [5, 5.41) is 2.82. The van der Waals surface area contributed by atoms with Crippen molar-refractivity contribution in [3.05, 3.63) is 53.6 Å². The highest BCUT2D eigenvalue weighted by Gasteiger charge is 2.16. The minimum Gasteiger partial charge on any atom is -0.423 e. The number of hydrogen-bond acceptors (Lipinski definition) is 4. The number of carbonyl (C=O) groups is 2. The molecule has 1 N–H and O–H groups in total. The fraction of sp³-hybridized carbons (Fsp3) is 0.333. The molecule has 0 saturated heterocycles. The summed E-state index contributed by atoms with van der Waals surface area (Å²) >= 11 is 0. The Morgan fingerprint density at radius 2 is 1.88 bits per heavy atom. The standard InChI is InChI=1S/C21H24N2O3/c1-3-13-23(4-2)17-8-5-15(6-9-17)21(25)26-18-10-11-19-16(14-18)7-12-20(24)22-19/h5-6,8-11,14H,3-4,7,12-13H2,1-2H3,(H,22,24). The lowest BCUT2D eigenvalue weighted by molar-refractivity contribution is -0.116. The SMILES string of the molecule is CCCN(CC)c1ccc(C(=O)Oc2ccc3c(c2)CCC(=O)N3)cc1. The van der Waals surface area contributed by atoms with Gasteiger partial charge < -0.3 is 15.0 Å². The second-order valence-corrected chi connectivity index (χ2v) is 6.38. The van der Waals surface area contributed by atoms with E-state index in [1.165, 1.54) is 0 Å². The van der Waals surface area contributed by atoms with E-state index in [1.54, 1.807) is 24.3 Å². The van der Waals surface area contributed by atoms with Gasteiger partial charge in [0, 0.05) is 30.9 Å². The van der Waals surface area contributed by atoms with Crippen molar-refractivity contribution in [1.29, 1.82) is 0 Å². The van der Waals surface area contributed by atoms with Crippen molar-refractivity contribution in [1.82, 2.24) is 0 Å². The van der Waals surface area contributed by atoms with Crippen LogP contribution in [-0.2, 0) is 11.2 Å². The van der Waals surface area contributed by atoms with Crippen LogP contribution in [0.25, 0.3) is 0 Å². The van der Waals surface area contributed by atoms with Crippen LogP contribution < -0.4 is 15.0 Å². The molecule has 26 heavy (non-hydrogen) atoms. The number of aryl methyl sites for hydroxylation is 1. The Kier molecular flexibility index (Phi) is 5.56. The molecule has 0 aliphatic carbocycles. The number of fused-ring (bicyclic) bond motifs is 1. The van der Waals surface area contributed by atoms with Crippen LogP contribution in [0.3, 0.4) is 0 Å². The minimum absolute atomic E-state index is 0.0199. The second kappa shape index (κ2) is 8.04. The van der Waals surface area contributed by atoms with Crippen molar-refractivity contribution in [3.8, 4) is 5.75 Å². The molecule has 0 saturated carbocycles. The molecule has 3 rings (SSSR count). The Balaban J connectivity index is 1.69. The van der Waals surface area contributed by atoms with Crippen molar-refractivity contribution < 1.29 is 14.3 Å². The lowest BCUT2D eigenvalue weighted by Gasteiger charge is -2.22. The molecular formula is C21H24N2O3. The summed E-state index contributed by atoms with van der Waals surface area (Å²) in [6, 6.07) is 12.8. The van der Waals surface area contributed by atoms with E-state index in [2.05, 4.69) is 24.1 Å². The van der Waals surface area contributed by atoms with Gasteiger partial charge in [0.15, 0.2) is 0 Å². The molecule has 0 fully saturated rings. The molecule has 2 aromatic carbocycles. The van der Waals surface area contributed by atoms with E-state index in [-0.39, 0.29) is 11.9 Å². The number of rotatable bonds is 6. The summed E-state index contributed by atoms with van der Waals surface area (Å²) < 4.78 is 5.50. The number of anilines is 2. The molecule has 0 radical (unpaired) electrons. The average Bonchev–Trinajstić information content (AvgIpc) is 2.66. The van der Waals surface area contributed by atoms with Crippen LogP contribution in [0.15, 0.2) is 42.5 Å². The topological polar surface area (TPSA) is 58.6 Å². The van der Waals surface area contributed by atoms with Crippen molar-refractivity contribution in [2.75, 3.05) is 23.3 Å². The van der Waals surface area contributed by atoms with E-state index in [9.17, 15) is 9.59 Å². The van der Waals surface area contributed by atoms with Gasteiger partial charge in [0.25, 0.3) is 0 Å². The molecule has 1 heterocycles. The molecule has 1 amide bonds. The molecule has 0 spiro atoms. The monoisotopic (exact) mass is 352 g/mol. The summed E-state index contributed by atoms with van der Waals surface area (Å²) in [5.74, 6) is 0.136. The van der Waals surface area contributed by atoms with Crippen molar-refractivity contribution >= 4 is 23.3 Å². The number of hydrogen-bond donors (Lipinski definition) is 1. The Morgan fingerprint density at radius 3 is 2.58 bits per heavy atom. The first-order valence-corrected chi connectivity index (χ1v) is 9.10. The quantitative estimate of drug-likeness (QED) is 0.630. The van der Waals surface area contributed by atoms with E-state index in [1.807, 2.05) is 18.2 Å². The molecule has 2 aromatic rings. The molecular weight excluding hydrogens is 328 g/mol. The average molecular weight is 352 g/mol. The molecule has 0 atom stereocenters. The molecule has 1 aliphatic rings. The van der Waals surface area contributed by atoms with Crippen LogP contribution in [0.2, 0.25) is 0 Å². The first-order chi connectivity index (χ1) is 12.6. The van der Waals surface area contributed by atoms with Gasteiger partial charge in [0.1, 0.15) is 5.75 Å². The van der Waals surface area contributed by atoms with E-state index in [0.29, 0.717) is 24.2 Å². The molecule has 136 valence electrons. The maximum atomic E-state index is 12.4. The number of esters is 1. The smallest absolute Gasteiger partial charge is 0.343 e. The van der Waals surface area contributed by atoms with Crippen LogP contribution in [0.5, 0.6) is 5.75 Å². The van der Waals surface area contributed by atoms with E-state index >= 15 is 0 Å². The van der Waals surface area contributed by atoms with E-state index in [4.69, 9.17) is 4.74 Å². The Bertz CT molecular complexity index is 799. The molecule has 0 bridgehead atoms. The lowest BCUT2D eigenvalue weighted by Crippen LogP contribution is -2.23. The third kappa shape index (κ3) is 4.04. The fourth-order valence-electron chi connectivity index (χ4n) is 3.14. The lowest BCUT2D eigenvalue weighted by atomic mass is 10.0. The van der Waals surface area contributed by atoms with Gasteiger partial charge in [-0.25, -0.2) is 4.79 Å². The van der Waals surface area contributed by atoms with Gasteiger partial charge in [-0.1, -0.05) is 6.92 Å². The summed E-state index contributed by atoms with van der Waals surface area (Å²) in [4.78, 5) is 26.1. The zero-order valence-electron chi connectivity index (χ0n) is 15.2. The predicted octanol–water partition coefficient (Wildman–Crippen LogP) is 4.03. The molecule has 0 unspecified atom stereocenters. The highest BCUT2D eigenvalue weighted by molar-refractivity contribution is 5.94. The Labute approximate surface area is 154 Å². The van der Waals surface area contributed by atoms with Crippen LogP contribution in [0.4, 0.5) is 11.4 Å². The third-order valence-electron chi connectivity index (χ3n) is 4.53. The second-order valence-electron chi connectivity index (χ2n) is 6.38. The number of nitrogens with zero attached hydrogens (tertiary/aromatic N) is 1. The summed E-state index contributed by atoms with van der Waals surface area (Å²) in [5.41, 5.74) is 3.41. The van der Waals surface area contributed by atoms with E-state index < -0.39 is 0 Å². The van der Waals surface area contributed by atoms with Gasteiger partial charge in [0.05, 0.1) is 5.56 Å². The zero-order valence-corrected chi connectivity index (χ0v) is 15.2. The number of benzene rings is 2. The van der Waals surface area contributed by atoms with E-state index in [0.717, 1.165) is 36.4 Å². The molecule has 5 nitrogen and oxygen atoms in total. The largest absolute Gasteiger partial charge is 0.423 e. The van der Waals surface area contributed by atoms with Crippen LogP contribution in [0, 0.1) is 0 Å². The number of ether oxygens (including phenoxy) is 1. The van der Waals surface area contributed by atoms with Gasteiger partial charge >= 0.3 is 5.97 Å².